The molecule has 6 nitrogen and oxygen atoms in total. The number of benzene rings is 1. The van der Waals surface area contributed by atoms with Crippen molar-refractivity contribution in [2.24, 2.45) is 0 Å². The average molecular weight is 434 g/mol. The van der Waals surface area contributed by atoms with Gasteiger partial charge >= 0.3 is 0 Å². The molecule has 7 heteroatoms. The van der Waals surface area contributed by atoms with Gasteiger partial charge in [0.2, 0.25) is 5.91 Å². The van der Waals surface area contributed by atoms with Crippen LogP contribution in [-0.4, -0.2) is 57.7 Å². The summed E-state index contributed by atoms with van der Waals surface area (Å²) in [5.41, 5.74) is 4.08. The first-order chi connectivity index (χ1) is 15.3. The maximum absolute atomic E-state index is 13.6. The van der Waals surface area contributed by atoms with E-state index in [2.05, 4.69) is 18.8 Å². The molecular weight excluding hydrogens is 405 g/mol. The van der Waals surface area contributed by atoms with Gasteiger partial charge in [-0.05, 0) is 69.9 Å². The van der Waals surface area contributed by atoms with Gasteiger partial charge in [-0.1, -0.05) is 6.08 Å². The van der Waals surface area contributed by atoms with Crippen molar-refractivity contribution in [2.75, 3.05) is 27.2 Å². The fourth-order valence-electron chi connectivity index (χ4n) is 4.13. The lowest BCUT2D eigenvalue weighted by Gasteiger charge is -2.39. The molecule has 0 aliphatic carbocycles. The molecule has 1 amide bonds. The maximum Gasteiger partial charge on any atom is 0.246 e. The van der Waals surface area contributed by atoms with E-state index in [1.54, 1.807) is 30.6 Å². The van der Waals surface area contributed by atoms with Crippen LogP contribution in [0.4, 0.5) is 4.39 Å². The smallest absolute Gasteiger partial charge is 0.246 e. The zero-order valence-corrected chi connectivity index (χ0v) is 18.9. The number of fused-ring (bicyclic) bond motifs is 1. The van der Waals surface area contributed by atoms with Gasteiger partial charge in [0, 0.05) is 42.7 Å². The summed E-state index contributed by atoms with van der Waals surface area (Å²) in [4.78, 5) is 21.0. The van der Waals surface area contributed by atoms with Crippen molar-refractivity contribution in [3.8, 4) is 22.4 Å². The Morgan fingerprint density at radius 1 is 1.12 bits per heavy atom. The fraction of sp³-hybridized carbons (Fsp3) is 0.320. The van der Waals surface area contributed by atoms with Gasteiger partial charge in [0.25, 0.3) is 0 Å². The van der Waals surface area contributed by atoms with Crippen LogP contribution in [0.5, 0.6) is 0 Å². The van der Waals surface area contributed by atoms with E-state index < -0.39 is 5.54 Å². The topological polar surface area (TPSA) is 54.3 Å². The van der Waals surface area contributed by atoms with Crippen LogP contribution in [0, 0.1) is 5.82 Å². The summed E-state index contributed by atoms with van der Waals surface area (Å²) in [5, 5.41) is 4.97. The molecule has 0 saturated carbocycles. The lowest BCUT2D eigenvalue weighted by Crippen LogP contribution is -2.49. The Hall–Kier alpha value is -3.32. The molecule has 1 aliphatic rings. The number of hydrogen-bond acceptors (Lipinski definition) is 4. The van der Waals surface area contributed by atoms with Gasteiger partial charge in [-0.25, -0.2) is 4.39 Å². The van der Waals surface area contributed by atoms with Gasteiger partial charge in [-0.15, -0.1) is 0 Å². The highest BCUT2D eigenvalue weighted by atomic mass is 19.1. The number of carbonyl (C=O) groups is 1. The van der Waals surface area contributed by atoms with Gasteiger partial charge in [-0.2, -0.15) is 5.10 Å². The van der Waals surface area contributed by atoms with Crippen LogP contribution in [0.2, 0.25) is 0 Å². The van der Waals surface area contributed by atoms with Crippen LogP contribution in [0.3, 0.4) is 0 Å². The van der Waals surface area contributed by atoms with E-state index in [1.165, 1.54) is 12.1 Å². The van der Waals surface area contributed by atoms with Gasteiger partial charge in [0.05, 0.1) is 17.8 Å². The molecule has 3 heterocycles. The van der Waals surface area contributed by atoms with E-state index in [0.29, 0.717) is 19.6 Å². The molecule has 166 valence electrons. The van der Waals surface area contributed by atoms with Crippen LogP contribution in [0.25, 0.3) is 22.4 Å². The standard InChI is InChI=1S/C25H28FN5O/c1-25(2)17-30(22(32)6-5-15-29(3)4)16-21-23(18-11-13-27-14-12-18)24(28-31(21)25)19-7-9-20(26)10-8-19/h5-14H,15-17H2,1-4H3/b6-5+. The van der Waals surface area contributed by atoms with Crippen molar-refractivity contribution >= 4 is 5.91 Å². The molecule has 0 unspecified atom stereocenters. The second kappa shape index (κ2) is 8.67. The molecule has 0 fully saturated rings. The highest BCUT2D eigenvalue weighted by molar-refractivity contribution is 5.88. The second-order valence-corrected chi connectivity index (χ2v) is 9.00. The van der Waals surface area contributed by atoms with E-state index in [1.807, 2.05) is 46.8 Å². The van der Waals surface area contributed by atoms with E-state index in [9.17, 15) is 9.18 Å². The summed E-state index contributed by atoms with van der Waals surface area (Å²) in [6, 6.07) is 10.3. The summed E-state index contributed by atoms with van der Waals surface area (Å²) in [6.45, 7) is 5.86. The number of halogens is 1. The fourth-order valence-corrected chi connectivity index (χ4v) is 4.13. The molecule has 4 rings (SSSR count). The largest absolute Gasteiger partial charge is 0.331 e. The summed E-state index contributed by atoms with van der Waals surface area (Å²) in [7, 11) is 3.94. The van der Waals surface area contributed by atoms with Crippen molar-refractivity contribution in [3.63, 3.8) is 0 Å². The molecule has 1 aliphatic heterocycles. The van der Waals surface area contributed by atoms with Gasteiger partial charge < -0.3 is 9.80 Å². The average Bonchev–Trinajstić information content (AvgIpc) is 3.15. The van der Waals surface area contributed by atoms with Gasteiger partial charge in [0.15, 0.2) is 0 Å². The van der Waals surface area contributed by atoms with Crippen LogP contribution in [-0.2, 0) is 16.9 Å². The number of rotatable bonds is 5. The van der Waals surface area contributed by atoms with E-state index in [-0.39, 0.29) is 11.7 Å². The number of carbonyl (C=O) groups excluding carboxylic acids is 1. The molecule has 1 aromatic carbocycles. The normalized spacial score (nSPS) is 15.4. The van der Waals surface area contributed by atoms with E-state index in [0.717, 1.165) is 28.1 Å². The minimum absolute atomic E-state index is 0.0172. The predicted molar refractivity (Wildman–Crippen MR) is 123 cm³/mol. The SMILES string of the molecule is CN(C)C/C=C/C(=O)N1Cc2c(-c3ccncc3)c(-c3ccc(F)cc3)nn2C(C)(C)C1. The summed E-state index contributed by atoms with van der Waals surface area (Å²) >= 11 is 0. The zero-order chi connectivity index (χ0) is 22.9. The predicted octanol–water partition coefficient (Wildman–Crippen LogP) is 3.95. The Bertz CT molecular complexity index is 1130. The molecular formula is C25H28FN5O. The Labute approximate surface area is 188 Å². The molecule has 0 radical (unpaired) electrons. The molecule has 0 bridgehead atoms. The van der Waals surface area contributed by atoms with Crippen LogP contribution < -0.4 is 0 Å². The van der Waals surface area contributed by atoms with Gasteiger partial charge in [0.1, 0.15) is 11.5 Å². The lowest BCUT2D eigenvalue weighted by molar-refractivity contribution is -0.129. The number of hydrogen-bond donors (Lipinski definition) is 0. The molecule has 2 aromatic heterocycles. The van der Waals surface area contributed by atoms with Crippen molar-refractivity contribution in [2.45, 2.75) is 25.9 Å². The quantitative estimate of drug-likeness (QED) is 0.572. The van der Waals surface area contributed by atoms with Crippen LogP contribution >= 0.6 is 0 Å². The zero-order valence-electron chi connectivity index (χ0n) is 18.9. The van der Waals surface area contributed by atoms with Crippen molar-refractivity contribution in [3.05, 3.63) is 72.5 Å². The number of nitrogens with zero attached hydrogens (tertiary/aromatic N) is 5. The van der Waals surface area contributed by atoms with Crippen LogP contribution in [0.1, 0.15) is 19.5 Å². The van der Waals surface area contributed by atoms with E-state index in [4.69, 9.17) is 5.10 Å². The first-order valence-electron chi connectivity index (χ1n) is 10.6. The summed E-state index contributed by atoms with van der Waals surface area (Å²) in [6.07, 6.45) is 7.02. The highest BCUT2D eigenvalue weighted by Crippen LogP contribution is 2.39. The number of likely N-dealkylation sites (N-methyl/N-ethyl adjacent to an activating group) is 1. The molecule has 0 spiro atoms. The third-order valence-corrected chi connectivity index (χ3v) is 5.60. The Morgan fingerprint density at radius 2 is 1.81 bits per heavy atom. The lowest BCUT2D eigenvalue weighted by atomic mass is 9.96. The molecule has 32 heavy (non-hydrogen) atoms. The minimum atomic E-state index is -0.404. The van der Waals surface area contributed by atoms with Crippen molar-refractivity contribution in [1.82, 2.24) is 24.6 Å². The van der Waals surface area contributed by atoms with Crippen molar-refractivity contribution in [1.29, 1.82) is 0 Å². The third-order valence-electron chi connectivity index (χ3n) is 5.60. The highest BCUT2D eigenvalue weighted by Gasteiger charge is 2.37. The third kappa shape index (κ3) is 4.34. The monoisotopic (exact) mass is 433 g/mol. The Morgan fingerprint density at radius 3 is 2.47 bits per heavy atom. The second-order valence-electron chi connectivity index (χ2n) is 9.00. The Kier molecular flexibility index (Phi) is 5.93. The van der Waals surface area contributed by atoms with Crippen molar-refractivity contribution < 1.29 is 9.18 Å². The number of amides is 1. The maximum atomic E-state index is 13.6. The van der Waals surface area contributed by atoms with Crippen LogP contribution in [0.15, 0.2) is 60.9 Å². The van der Waals surface area contributed by atoms with E-state index >= 15 is 0 Å². The molecule has 0 N–H and O–H groups in total. The number of pyridine rings is 1. The first kappa shape index (κ1) is 21.9. The molecule has 0 saturated heterocycles. The molecule has 0 atom stereocenters. The number of aromatic nitrogens is 3. The summed E-state index contributed by atoms with van der Waals surface area (Å²) < 4.78 is 15.6. The Balaban J connectivity index is 1.81. The summed E-state index contributed by atoms with van der Waals surface area (Å²) in [5.74, 6) is -0.304. The van der Waals surface area contributed by atoms with Gasteiger partial charge in [-0.3, -0.25) is 14.5 Å². The molecule has 3 aromatic rings. The minimum Gasteiger partial charge on any atom is -0.331 e. The first-order valence-corrected chi connectivity index (χ1v) is 10.6.